The average Bonchev–Trinajstić information content (AvgIpc) is 3.22. The van der Waals surface area contributed by atoms with Crippen LogP contribution in [0, 0.1) is 11.3 Å². The van der Waals surface area contributed by atoms with Crippen molar-refractivity contribution in [3.05, 3.63) is 36.9 Å². The van der Waals surface area contributed by atoms with Crippen molar-refractivity contribution in [3.63, 3.8) is 0 Å². The number of esters is 1. The highest BCUT2D eigenvalue weighted by molar-refractivity contribution is 5.94. The molecule has 4 atom stereocenters. The maximum Gasteiger partial charge on any atom is 0.411 e. The van der Waals surface area contributed by atoms with Crippen molar-refractivity contribution in [2.45, 2.75) is 84.6 Å². The lowest BCUT2D eigenvalue weighted by Crippen LogP contribution is -2.44. The minimum Gasteiger partial charge on any atom is -0.466 e. The first-order chi connectivity index (χ1) is 18.0. The smallest absolute Gasteiger partial charge is 0.411 e. The van der Waals surface area contributed by atoms with Crippen LogP contribution in [0.4, 0.5) is 4.79 Å². The third-order valence-corrected chi connectivity index (χ3v) is 7.36. The number of carbonyl (C=O) groups excluding carboxylic acids is 3. The molecule has 0 radical (unpaired) electrons. The Hall–Kier alpha value is -3.36. The number of Topliss-reactive ketones (excluding diaryl/α,β-unsaturated/α-hetero) is 1. The summed E-state index contributed by atoms with van der Waals surface area (Å²) in [7, 11) is 0. The highest BCUT2D eigenvalue weighted by atomic mass is 16.6. The third-order valence-electron chi connectivity index (χ3n) is 7.36. The number of para-hydroxylation sites is 2. The lowest BCUT2D eigenvalue weighted by Gasteiger charge is -2.28. The second-order valence-corrected chi connectivity index (χ2v) is 11.2. The third kappa shape index (κ3) is 5.56. The zero-order chi connectivity index (χ0) is 27.7. The summed E-state index contributed by atoms with van der Waals surface area (Å²) < 4.78 is 19.2. The summed E-state index contributed by atoms with van der Waals surface area (Å²) in [5.41, 5.74) is 0.165. The van der Waals surface area contributed by atoms with Gasteiger partial charge in [-0.1, -0.05) is 31.6 Å². The van der Waals surface area contributed by atoms with Crippen LogP contribution in [-0.4, -0.2) is 63.2 Å². The van der Waals surface area contributed by atoms with Crippen LogP contribution >= 0.6 is 0 Å². The van der Waals surface area contributed by atoms with Gasteiger partial charge in [0.2, 0.25) is 0 Å². The van der Waals surface area contributed by atoms with Gasteiger partial charge in [-0.3, -0.25) is 19.1 Å². The van der Waals surface area contributed by atoms with E-state index < -0.39 is 29.3 Å². The lowest BCUT2D eigenvalue weighted by molar-refractivity contribution is -0.152. The fourth-order valence-corrected chi connectivity index (χ4v) is 5.47. The van der Waals surface area contributed by atoms with Crippen molar-refractivity contribution in [3.8, 4) is 6.01 Å². The summed E-state index contributed by atoms with van der Waals surface area (Å²) in [6, 6.07) is 7.35. The first-order valence-corrected chi connectivity index (χ1v) is 13.4. The molecule has 1 aromatic heterocycles. The van der Waals surface area contributed by atoms with Crippen LogP contribution in [0.3, 0.4) is 0 Å². The molecule has 0 bridgehead atoms. The maximum absolute atomic E-state index is 13.7. The molecule has 2 aliphatic rings. The van der Waals surface area contributed by atoms with Crippen molar-refractivity contribution in [1.29, 1.82) is 0 Å². The van der Waals surface area contributed by atoms with E-state index in [2.05, 4.69) is 11.6 Å². The molecule has 4 rings (SSSR count). The summed E-state index contributed by atoms with van der Waals surface area (Å²) in [5, 5.41) is 0. The first-order valence-electron chi connectivity index (χ1n) is 13.4. The summed E-state index contributed by atoms with van der Waals surface area (Å²) in [4.78, 5) is 45.8. The summed E-state index contributed by atoms with van der Waals surface area (Å²) in [6.45, 7) is 13.9. The van der Waals surface area contributed by atoms with Gasteiger partial charge in [0.1, 0.15) is 11.7 Å². The second-order valence-electron chi connectivity index (χ2n) is 11.2. The zero-order valence-electron chi connectivity index (χ0n) is 23.1. The molecular formula is C29H39N3O6. The zero-order valence-corrected chi connectivity index (χ0v) is 23.1. The number of likely N-dealkylation sites (tertiary alicyclic amines) is 1. The molecule has 1 aliphatic carbocycles. The number of carbonyl (C=O) groups is 3. The average molecular weight is 526 g/mol. The second kappa shape index (κ2) is 10.8. The van der Waals surface area contributed by atoms with Crippen LogP contribution in [0.25, 0.3) is 11.0 Å². The SMILES string of the molecule is C=CCn1c(O[C@@H]2C[C@@H](C(=O)C[C@]3(C(=O)OCC)C[C@H]3CC)N(C(=O)OC(C)(C)C)C2)nc2ccccc21. The molecule has 1 aliphatic heterocycles. The Balaban J connectivity index is 1.58. The molecule has 206 valence electrons. The molecule has 2 aromatic rings. The quantitative estimate of drug-likeness (QED) is 0.321. The highest BCUT2D eigenvalue weighted by Gasteiger charge is 2.61. The van der Waals surface area contributed by atoms with Gasteiger partial charge in [-0.25, -0.2) is 4.79 Å². The Kier molecular flexibility index (Phi) is 7.85. The van der Waals surface area contributed by atoms with Crippen LogP contribution in [0.2, 0.25) is 0 Å². The van der Waals surface area contributed by atoms with E-state index in [9.17, 15) is 14.4 Å². The van der Waals surface area contributed by atoms with Gasteiger partial charge in [-0.05, 0) is 52.2 Å². The van der Waals surface area contributed by atoms with E-state index in [1.807, 2.05) is 35.8 Å². The number of imidazole rings is 1. The van der Waals surface area contributed by atoms with Crippen molar-refractivity contribution >= 4 is 28.9 Å². The van der Waals surface area contributed by atoms with Crippen molar-refractivity contribution in [1.82, 2.24) is 14.5 Å². The number of ketones is 1. The molecule has 2 heterocycles. The Labute approximate surface area is 224 Å². The molecule has 1 saturated carbocycles. The Bertz CT molecular complexity index is 1210. The Morgan fingerprint density at radius 2 is 1.95 bits per heavy atom. The number of ether oxygens (including phenoxy) is 3. The number of benzene rings is 1. The fraction of sp³-hybridized carbons (Fsp3) is 0.586. The van der Waals surface area contributed by atoms with Crippen LogP contribution in [0.15, 0.2) is 36.9 Å². The summed E-state index contributed by atoms with van der Waals surface area (Å²) in [6.07, 6.45) is 2.45. The molecule has 9 nitrogen and oxygen atoms in total. The molecule has 0 N–H and O–H groups in total. The molecule has 1 aromatic carbocycles. The van der Waals surface area contributed by atoms with E-state index in [4.69, 9.17) is 14.2 Å². The van der Waals surface area contributed by atoms with Crippen LogP contribution < -0.4 is 4.74 Å². The Morgan fingerprint density at radius 3 is 2.58 bits per heavy atom. The van der Waals surface area contributed by atoms with E-state index in [1.165, 1.54) is 4.90 Å². The predicted octanol–water partition coefficient (Wildman–Crippen LogP) is 4.92. The molecule has 9 heteroatoms. The van der Waals surface area contributed by atoms with Gasteiger partial charge < -0.3 is 14.2 Å². The highest BCUT2D eigenvalue weighted by Crippen LogP contribution is 2.58. The molecule has 1 amide bonds. The van der Waals surface area contributed by atoms with E-state index in [0.29, 0.717) is 19.0 Å². The normalized spacial score (nSPS) is 24.8. The number of aromatic nitrogens is 2. The monoisotopic (exact) mass is 525 g/mol. The van der Waals surface area contributed by atoms with Gasteiger partial charge >= 0.3 is 12.1 Å². The molecule has 38 heavy (non-hydrogen) atoms. The molecular weight excluding hydrogens is 486 g/mol. The first kappa shape index (κ1) is 27.7. The van der Waals surface area contributed by atoms with Crippen molar-refractivity contribution in [2.24, 2.45) is 11.3 Å². The van der Waals surface area contributed by atoms with Gasteiger partial charge in [0.05, 0.1) is 35.6 Å². The molecule has 2 fully saturated rings. The standard InChI is InChI=1S/C29H39N3O6/c1-7-14-31-22-13-11-10-12-21(22)30-26(31)37-20-15-23(32(18-20)27(35)38-28(4,5)6)24(33)17-29(16-19(29)8-2)25(34)36-9-3/h7,10-13,19-20,23H,1,8-9,14-18H2,2-6H3/t19-,20-,23+,29-/m1/s1. The maximum atomic E-state index is 13.7. The number of allylic oxidation sites excluding steroid dienone is 1. The van der Waals surface area contributed by atoms with Crippen LogP contribution in [-0.2, 0) is 25.6 Å². The minimum atomic E-state index is -0.807. The van der Waals surface area contributed by atoms with Gasteiger partial charge in [-0.2, -0.15) is 4.98 Å². The Morgan fingerprint density at radius 1 is 1.21 bits per heavy atom. The number of amides is 1. The molecule has 1 saturated heterocycles. The summed E-state index contributed by atoms with van der Waals surface area (Å²) in [5.74, 6) is -0.397. The van der Waals surface area contributed by atoms with Gasteiger partial charge in [0.15, 0.2) is 5.78 Å². The van der Waals surface area contributed by atoms with Gasteiger partial charge in [0, 0.05) is 19.4 Å². The molecule has 0 unspecified atom stereocenters. The predicted molar refractivity (Wildman–Crippen MR) is 143 cm³/mol. The van der Waals surface area contributed by atoms with E-state index in [1.54, 1.807) is 33.8 Å². The van der Waals surface area contributed by atoms with Crippen molar-refractivity contribution in [2.75, 3.05) is 13.2 Å². The fourth-order valence-electron chi connectivity index (χ4n) is 5.47. The van der Waals surface area contributed by atoms with E-state index >= 15 is 0 Å². The van der Waals surface area contributed by atoms with Crippen LogP contribution in [0.5, 0.6) is 6.01 Å². The van der Waals surface area contributed by atoms with E-state index in [0.717, 1.165) is 17.5 Å². The van der Waals surface area contributed by atoms with Gasteiger partial charge in [-0.15, -0.1) is 6.58 Å². The van der Waals surface area contributed by atoms with E-state index in [-0.39, 0.29) is 43.7 Å². The van der Waals surface area contributed by atoms with Crippen LogP contribution in [0.1, 0.15) is 60.3 Å². The number of nitrogens with zero attached hydrogens (tertiary/aromatic N) is 3. The number of fused-ring (bicyclic) bond motifs is 1. The summed E-state index contributed by atoms with van der Waals surface area (Å²) >= 11 is 0. The number of hydrogen-bond donors (Lipinski definition) is 0. The lowest BCUT2D eigenvalue weighted by atomic mass is 9.91. The van der Waals surface area contributed by atoms with Gasteiger partial charge in [0.25, 0.3) is 6.01 Å². The van der Waals surface area contributed by atoms with Crippen molar-refractivity contribution < 1.29 is 28.6 Å². The minimum absolute atomic E-state index is 0.0377. The number of rotatable bonds is 10. The molecule has 0 spiro atoms. The number of hydrogen-bond acceptors (Lipinski definition) is 7. The largest absolute Gasteiger partial charge is 0.466 e. The topological polar surface area (TPSA) is 100.0 Å².